The lowest BCUT2D eigenvalue weighted by Crippen LogP contribution is -2.45. The summed E-state index contributed by atoms with van der Waals surface area (Å²) >= 11 is 0. The third kappa shape index (κ3) is 3.22. The van der Waals surface area contributed by atoms with Gasteiger partial charge in [-0.1, -0.05) is 0 Å². The van der Waals surface area contributed by atoms with Crippen molar-refractivity contribution in [2.24, 2.45) is 0 Å². The molecule has 1 fully saturated rings. The van der Waals surface area contributed by atoms with Crippen LogP contribution in [0.1, 0.15) is 27.7 Å². The SMILES string of the molecule is C[C@H](OC(C)(C)C)C1COC(=O)N1c1ccnc(F)n1. The molecular formula is C13H18FN3O3. The van der Waals surface area contributed by atoms with Crippen molar-refractivity contribution in [2.75, 3.05) is 11.5 Å². The number of rotatable bonds is 3. The van der Waals surface area contributed by atoms with Crippen LogP contribution < -0.4 is 4.90 Å². The van der Waals surface area contributed by atoms with Gasteiger partial charge in [0.2, 0.25) is 0 Å². The lowest BCUT2D eigenvalue weighted by Gasteiger charge is -2.31. The van der Waals surface area contributed by atoms with Crippen LogP contribution in [-0.2, 0) is 9.47 Å². The van der Waals surface area contributed by atoms with Crippen molar-refractivity contribution in [1.29, 1.82) is 0 Å². The van der Waals surface area contributed by atoms with Crippen molar-refractivity contribution in [3.63, 3.8) is 0 Å². The first-order valence-electron chi connectivity index (χ1n) is 6.40. The molecule has 2 heterocycles. The summed E-state index contributed by atoms with van der Waals surface area (Å²) in [5.41, 5.74) is -0.354. The summed E-state index contributed by atoms with van der Waals surface area (Å²) in [5, 5.41) is 0. The highest BCUT2D eigenvalue weighted by atomic mass is 19.1. The van der Waals surface area contributed by atoms with E-state index >= 15 is 0 Å². The highest BCUT2D eigenvalue weighted by molar-refractivity contribution is 5.89. The first-order valence-corrected chi connectivity index (χ1v) is 6.40. The maximum atomic E-state index is 13.1. The average Bonchev–Trinajstić information content (AvgIpc) is 2.69. The Balaban J connectivity index is 2.23. The molecule has 0 aromatic carbocycles. The van der Waals surface area contributed by atoms with Crippen LogP contribution in [0.5, 0.6) is 0 Å². The van der Waals surface area contributed by atoms with Gasteiger partial charge in [-0.05, 0) is 33.8 Å². The average molecular weight is 283 g/mol. The van der Waals surface area contributed by atoms with Crippen LogP contribution in [0.25, 0.3) is 0 Å². The lowest BCUT2D eigenvalue weighted by atomic mass is 10.1. The zero-order valence-corrected chi connectivity index (χ0v) is 12.0. The van der Waals surface area contributed by atoms with Crippen LogP contribution >= 0.6 is 0 Å². The molecule has 1 aromatic rings. The molecule has 1 saturated heterocycles. The molecule has 0 bridgehead atoms. The Kier molecular flexibility index (Phi) is 3.89. The van der Waals surface area contributed by atoms with Gasteiger partial charge in [-0.25, -0.2) is 9.78 Å². The number of anilines is 1. The van der Waals surface area contributed by atoms with Crippen LogP contribution in [0.15, 0.2) is 12.3 Å². The van der Waals surface area contributed by atoms with E-state index < -0.39 is 12.2 Å². The molecule has 1 aliphatic rings. The smallest absolute Gasteiger partial charge is 0.416 e. The van der Waals surface area contributed by atoms with E-state index in [1.165, 1.54) is 17.2 Å². The van der Waals surface area contributed by atoms with Crippen LogP contribution in [0, 0.1) is 6.08 Å². The number of carbonyl (C=O) groups is 1. The number of aromatic nitrogens is 2. The number of hydrogen-bond donors (Lipinski definition) is 0. The zero-order chi connectivity index (χ0) is 14.9. The van der Waals surface area contributed by atoms with Crippen molar-refractivity contribution in [2.45, 2.75) is 45.4 Å². The minimum absolute atomic E-state index is 0.175. The molecule has 7 heteroatoms. The molecule has 2 atom stereocenters. The first-order chi connectivity index (χ1) is 9.28. The van der Waals surface area contributed by atoms with Gasteiger partial charge in [-0.3, -0.25) is 4.90 Å². The predicted molar refractivity (Wildman–Crippen MR) is 69.9 cm³/mol. The molecule has 6 nitrogen and oxygen atoms in total. The summed E-state index contributed by atoms with van der Waals surface area (Å²) < 4.78 is 24.0. The Bertz CT molecular complexity index is 504. The fraction of sp³-hybridized carbons (Fsp3) is 0.615. The topological polar surface area (TPSA) is 64.6 Å². The standard InChI is InChI=1S/C13H18FN3O3/c1-8(20-13(2,3)4)9-7-19-12(18)17(9)10-5-6-15-11(14)16-10/h5-6,8-9H,7H2,1-4H3/t8-,9?/m0/s1. The molecule has 0 saturated carbocycles. The monoisotopic (exact) mass is 283 g/mol. The van der Waals surface area contributed by atoms with Crippen molar-refractivity contribution in [1.82, 2.24) is 9.97 Å². The number of cyclic esters (lactones) is 1. The summed E-state index contributed by atoms with van der Waals surface area (Å²) in [6.07, 6.45) is -0.461. The van der Waals surface area contributed by atoms with Crippen LogP contribution in [0.3, 0.4) is 0 Å². The molecule has 1 amide bonds. The van der Waals surface area contributed by atoms with Gasteiger partial charge in [0.25, 0.3) is 0 Å². The van der Waals surface area contributed by atoms with Crippen LogP contribution in [0.2, 0.25) is 0 Å². The molecule has 0 spiro atoms. The number of hydrogen-bond acceptors (Lipinski definition) is 5. The van der Waals surface area contributed by atoms with Gasteiger partial charge in [0, 0.05) is 6.20 Å². The molecule has 1 aromatic heterocycles. The van der Waals surface area contributed by atoms with Gasteiger partial charge < -0.3 is 9.47 Å². The Morgan fingerprint density at radius 1 is 1.55 bits per heavy atom. The molecule has 20 heavy (non-hydrogen) atoms. The molecule has 0 aliphatic carbocycles. The van der Waals surface area contributed by atoms with E-state index in [0.717, 1.165) is 0 Å². The summed E-state index contributed by atoms with van der Waals surface area (Å²) in [7, 11) is 0. The number of nitrogens with zero attached hydrogens (tertiary/aromatic N) is 3. The van der Waals surface area contributed by atoms with Crippen LogP contribution in [-0.4, -0.2) is 40.4 Å². The third-order valence-corrected chi connectivity index (χ3v) is 2.85. The third-order valence-electron chi connectivity index (χ3n) is 2.85. The quantitative estimate of drug-likeness (QED) is 0.795. The molecule has 2 rings (SSSR count). The molecule has 0 radical (unpaired) electrons. The second kappa shape index (κ2) is 5.32. The maximum Gasteiger partial charge on any atom is 0.416 e. The van der Waals surface area contributed by atoms with Crippen molar-refractivity contribution >= 4 is 11.9 Å². The zero-order valence-electron chi connectivity index (χ0n) is 12.0. The second-order valence-corrected chi connectivity index (χ2v) is 5.63. The van der Waals surface area contributed by atoms with Gasteiger partial charge in [0.15, 0.2) is 0 Å². The molecular weight excluding hydrogens is 265 g/mol. The van der Waals surface area contributed by atoms with E-state index in [0.29, 0.717) is 0 Å². The summed E-state index contributed by atoms with van der Waals surface area (Å²) in [6.45, 7) is 7.81. The molecule has 110 valence electrons. The van der Waals surface area contributed by atoms with Gasteiger partial charge in [-0.2, -0.15) is 9.37 Å². The van der Waals surface area contributed by atoms with Crippen molar-refractivity contribution in [3.8, 4) is 0 Å². The number of carbonyl (C=O) groups excluding carboxylic acids is 1. The number of amides is 1. The Morgan fingerprint density at radius 2 is 2.25 bits per heavy atom. The predicted octanol–water partition coefficient (Wildman–Crippen LogP) is 2.14. The fourth-order valence-corrected chi connectivity index (χ4v) is 2.14. The van der Waals surface area contributed by atoms with E-state index in [1.54, 1.807) is 0 Å². The summed E-state index contributed by atoms with van der Waals surface area (Å²) in [4.78, 5) is 20.1. The number of halogens is 1. The highest BCUT2D eigenvalue weighted by Crippen LogP contribution is 2.25. The largest absolute Gasteiger partial charge is 0.447 e. The maximum absolute atomic E-state index is 13.1. The van der Waals surface area contributed by atoms with Crippen molar-refractivity contribution in [3.05, 3.63) is 18.3 Å². The van der Waals surface area contributed by atoms with E-state index in [4.69, 9.17) is 9.47 Å². The van der Waals surface area contributed by atoms with Gasteiger partial charge in [-0.15, -0.1) is 0 Å². The summed E-state index contributed by atoms with van der Waals surface area (Å²) in [5.74, 6) is 0.175. The van der Waals surface area contributed by atoms with E-state index in [9.17, 15) is 9.18 Å². The Hall–Kier alpha value is -1.76. The molecule has 1 aliphatic heterocycles. The Labute approximate surface area is 116 Å². The highest BCUT2D eigenvalue weighted by Gasteiger charge is 2.40. The fourth-order valence-electron chi connectivity index (χ4n) is 2.14. The van der Waals surface area contributed by atoms with E-state index in [2.05, 4.69) is 9.97 Å². The number of ether oxygens (including phenoxy) is 2. The first kappa shape index (κ1) is 14.6. The second-order valence-electron chi connectivity index (χ2n) is 5.63. The Morgan fingerprint density at radius 3 is 2.85 bits per heavy atom. The normalized spacial score (nSPS) is 20.9. The van der Waals surface area contributed by atoms with Gasteiger partial charge in [0.1, 0.15) is 18.5 Å². The summed E-state index contributed by atoms with van der Waals surface area (Å²) in [6, 6.07) is 1.11. The minimum atomic E-state index is -0.884. The van der Waals surface area contributed by atoms with E-state index in [1.807, 2.05) is 27.7 Å². The van der Waals surface area contributed by atoms with E-state index in [-0.39, 0.29) is 30.2 Å². The molecule has 1 unspecified atom stereocenters. The lowest BCUT2D eigenvalue weighted by molar-refractivity contribution is -0.0618. The van der Waals surface area contributed by atoms with Crippen molar-refractivity contribution < 1.29 is 18.7 Å². The van der Waals surface area contributed by atoms with Crippen LogP contribution in [0.4, 0.5) is 15.0 Å². The molecule has 0 N–H and O–H groups in total. The van der Waals surface area contributed by atoms with Gasteiger partial charge >= 0.3 is 12.2 Å². The minimum Gasteiger partial charge on any atom is -0.447 e. The van der Waals surface area contributed by atoms with Gasteiger partial charge in [0.05, 0.1) is 11.7 Å².